The number of nitrogens with one attached hydrogen (secondary N) is 1. The zero-order valence-electron chi connectivity index (χ0n) is 6.05. The molecule has 0 radical (unpaired) electrons. The number of H-pyrrole nitrogens is 1. The second-order valence-electron chi connectivity index (χ2n) is 2.51. The van der Waals surface area contributed by atoms with Crippen molar-refractivity contribution in [2.24, 2.45) is 0 Å². The van der Waals surface area contributed by atoms with Crippen molar-refractivity contribution in [3.63, 3.8) is 0 Å². The summed E-state index contributed by atoms with van der Waals surface area (Å²) in [6, 6.07) is 6.42. The summed E-state index contributed by atoms with van der Waals surface area (Å²) in [5.41, 5.74) is 2.53. The molecular formula is C8H7NSSe. The molecule has 0 bridgehead atoms. The number of rotatable bonds is 0. The Bertz CT molecular complexity index is 441. The molecular weight excluding hydrogens is 221 g/mol. The molecule has 0 saturated heterocycles. The van der Waals surface area contributed by atoms with Crippen LogP contribution in [0.2, 0.25) is 0 Å². The van der Waals surface area contributed by atoms with Gasteiger partial charge in [0.25, 0.3) is 0 Å². The van der Waals surface area contributed by atoms with E-state index in [-0.39, 0.29) is 0 Å². The van der Waals surface area contributed by atoms with E-state index in [9.17, 15) is 0 Å². The van der Waals surface area contributed by atoms with Gasteiger partial charge in [-0.1, -0.05) is 0 Å². The van der Waals surface area contributed by atoms with Crippen molar-refractivity contribution in [1.82, 2.24) is 4.98 Å². The first-order valence-electron chi connectivity index (χ1n) is 3.35. The van der Waals surface area contributed by atoms with Crippen LogP contribution in [0.25, 0.3) is 9.78 Å². The van der Waals surface area contributed by atoms with E-state index in [4.69, 9.17) is 12.2 Å². The molecule has 0 aliphatic carbocycles. The van der Waals surface area contributed by atoms with Crippen molar-refractivity contribution in [1.29, 1.82) is 0 Å². The Balaban J connectivity index is 2.92. The summed E-state index contributed by atoms with van der Waals surface area (Å²) < 4.78 is 2.39. The second kappa shape index (κ2) is 2.59. The van der Waals surface area contributed by atoms with Crippen LogP contribution in [-0.2, 0) is 0 Å². The SMILES string of the molecule is Cc1ccc2[nH]c(=S)[se]c2c1. The molecule has 11 heavy (non-hydrogen) atoms. The van der Waals surface area contributed by atoms with Crippen LogP contribution in [-0.4, -0.2) is 19.5 Å². The Morgan fingerprint density at radius 1 is 1.45 bits per heavy atom. The first-order valence-corrected chi connectivity index (χ1v) is 5.47. The van der Waals surface area contributed by atoms with Gasteiger partial charge in [0.05, 0.1) is 0 Å². The molecule has 0 amide bonds. The predicted molar refractivity (Wildman–Crippen MR) is 50.8 cm³/mol. The van der Waals surface area contributed by atoms with Crippen molar-refractivity contribution in [3.05, 3.63) is 27.3 Å². The monoisotopic (exact) mass is 229 g/mol. The van der Waals surface area contributed by atoms with E-state index in [1.807, 2.05) is 0 Å². The van der Waals surface area contributed by atoms with Gasteiger partial charge in [0, 0.05) is 0 Å². The average Bonchev–Trinajstić information content (AvgIpc) is 2.27. The van der Waals surface area contributed by atoms with Crippen LogP contribution in [0.3, 0.4) is 0 Å². The van der Waals surface area contributed by atoms with Crippen molar-refractivity contribution in [2.75, 3.05) is 0 Å². The van der Waals surface area contributed by atoms with Crippen molar-refractivity contribution in [2.45, 2.75) is 6.92 Å². The van der Waals surface area contributed by atoms with Gasteiger partial charge >= 0.3 is 75.7 Å². The standard InChI is InChI=1S/C8H7NSSe/c1-5-2-3-6-7(4-5)11-8(10)9-6/h2-4H,1H3,(H,9,10). The fourth-order valence-corrected chi connectivity index (χ4v) is 3.38. The van der Waals surface area contributed by atoms with Crippen molar-refractivity contribution >= 4 is 36.5 Å². The van der Waals surface area contributed by atoms with Gasteiger partial charge in [-0.15, -0.1) is 0 Å². The second-order valence-corrected chi connectivity index (χ2v) is 5.71. The van der Waals surface area contributed by atoms with Crippen LogP contribution in [0, 0.1) is 10.4 Å². The summed E-state index contributed by atoms with van der Waals surface area (Å²) in [6.45, 7) is 2.11. The van der Waals surface area contributed by atoms with Gasteiger partial charge in [0.1, 0.15) is 0 Å². The Labute approximate surface area is 75.8 Å². The zero-order chi connectivity index (χ0) is 7.84. The van der Waals surface area contributed by atoms with Gasteiger partial charge in [0.15, 0.2) is 0 Å². The molecule has 0 atom stereocenters. The fourth-order valence-electron chi connectivity index (χ4n) is 1.05. The third kappa shape index (κ3) is 1.32. The number of aromatic amines is 1. The van der Waals surface area contributed by atoms with Gasteiger partial charge in [-0.25, -0.2) is 0 Å². The summed E-state index contributed by atoms with van der Waals surface area (Å²) >= 11 is 5.46. The van der Waals surface area contributed by atoms with E-state index in [0.717, 1.165) is 3.51 Å². The summed E-state index contributed by atoms with van der Waals surface area (Å²) in [5, 5.41) is 0. The minimum absolute atomic E-state index is 0.372. The first kappa shape index (κ1) is 7.29. The predicted octanol–water partition coefficient (Wildman–Crippen LogP) is 2.26. The van der Waals surface area contributed by atoms with Gasteiger partial charge in [-0.05, 0) is 0 Å². The third-order valence-corrected chi connectivity index (χ3v) is 3.88. The number of aromatic nitrogens is 1. The van der Waals surface area contributed by atoms with Crippen LogP contribution in [0.1, 0.15) is 5.56 Å². The van der Waals surface area contributed by atoms with E-state index in [1.54, 1.807) is 0 Å². The first-order chi connectivity index (χ1) is 5.25. The molecule has 0 saturated carbocycles. The van der Waals surface area contributed by atoms with Crippen molar-refractivity contribution < 1.29 is 0 Å². The van der Waals surface area contributed by atoms with E-state index in [2.05, 4.69) is 30.1 Å². The number of fused-ring (bicyclic) bond motifs is 1. The Morgan fingerprint density at radius 2 is 2.27 bits per heavy atom. The van der Waals surface area contributed by atoms with Crippen LogP contribution >= 0.6 is 12.2 Å². The molecule has 0 fully saturated rings. The third-order valence-electron chi connectivity index (χ3n) is 1.58. The van der Waals surface area contributed by atoms with Gasteiger partial charge in [-0.3, -0.25) is 0 Å². The zero-order valence-corrected chi connectivity index (χ0v) is 8.58. The van der Waals surface area contributed by atoms with E-state index < -0.39 is 0 Å². The summed E-state index contributed by atoms with van der Waals surface area (Å²) in [6.07, 6.45) is 0. The minimum atomic E-state index is 0.372. The molecule has 0 aliphatic heterocycles. The van der Waals surface area contributed by atoms with Crippen LogP contribution in [0.15, 0.2) is 18.2 Å². The Morgan fingerprint density at radius 3 is 3.09 bits per heavy atom. The molecule has 1 N–H and O–H groups in total. The van der Waals surface area contributed by atoms with Crippen LogP contribution in [0.4, 0.5) is 0 Å². The molecule has 2 rings (SSSR count). The quantitative estimate of drug-likeness (QED) is 0.540. The molecule has 1 aromatic heterocycles. The van der Waals surface area contributed by atoms with Gasteiger partial charge in [0.2, 0.25) is 0 Å². The molecule has 1 nitrogen and oxygen atoms in total. The average molecular weight is 228 g/mol. The van der Waals surface area contributed by atoms with Gasteiger partial charge < -0.3 is 0 Å². The normalized spacial score (nSPS) is 10.6. The van der Waals surface area contributed by atoms with Crippen LogP contribution in [0.5, 0.6) is 0 Å². The van der Waals surface area contributed by atoms with Crippen LogP contribution < -0.4 is 0 Å². The molecule has 0 unspecified atom stereocenters. The Hall–Kier alpha value is -0.371. The number of hydrogen-bond acceptors (Lipinski definition) is 1. The molecule has 2 aromatic rings. The van der Waals surface area contributed by atoms with E-state index in [1.165, 1.54) is 15.3 Å². The van der Waals surface area contributed by atoms with E-state index >= 15 is 0 Å². The topological polar surface area (TPSA) is 15.8 Å². The molecule has 3 heteroatoms. The molecule has 0 aliphatic rings. The maximum atomic E-state index is 5.08. The maximum absolute atomic E-state index is 5.08. The molecule has 1 aromatic carbocycles. The summed E-state index contributed by atoms with van der Waals surface area (Å²) in [7, 11) is 0. The van der Waals surface area contributed by atoms with Crippen molar-refractivity contribution in [3.8, 4) is 0 Å². The molecule has 0 spiro atoms. The Kier molecular flexibility index (Phi) is 1.72. The summed E-state index contributed by atoms with van der Waals surface area (Å²) in [4.78, 5) is 3.18. The number of aryl methyl sites for hydroxylation is 1. The molecule has 1 heterocycles. The number of hydrogen-bond donors (Lipinski definition) is 1. The molecule has 56 valence electrons. The number of benzene rings is 1. The fraction of sp³-hybridized carbons (Fsp3) is 0.125. The van der Waals surface area contributed by atoms with E-state index in [0.29, 0.717) is 14.5 Å². The summed E-state index contributed by atoms with van der Waals surface area (Å²) in [5.74, 6) is 0. The van der Waals surface area contributed by atoms with Gasteiger partial charge in [-0.2, -0.15) is 0 Å².